The highest BCUT2D eigenvalue weighted by Gasteiger charge is 2.37. The number of hydrogen-bond acceptors (Lipinski definition) is 5. The van der Waals surface area contributed by atoms with Crippen molar-refractivity contribution in [1.82, 2.24) is 4.90 Å². The SMILES string of the molecule is Cc1ccc(N=C2SC(CC(=O)Nc3ccc(C(=O)O)cc3)C(=O)N2C)cc1C. The minimum Gasteiger partial charge on any atom is -0.478 e. The molecule has 2 amide bonds. The van der Waals surface area contributed by atoms with E-state index in [1.54, 1.807) is 7.05 Å². The molecule has 2 aromatic rings. The number of aromatic carboxylic acids is 1. The number of amidine groups is 1. The molecule has 1 unspecified atom stereocenters. The monoisotopic (exact) mass is 411 g/mol. The Morgan fingerprint density at radius 2 is 1.83 bits per heavy atom. The molecule has 0 aliphatic carbocycles. The van der Waals surface area contributed by atoms with Crippen molar-refractivity contribution in [2.45, 2.75) is 25.5 Å². The molecule has 0 saturated carbocycles. The molecular weight excluding hydrogens is 390 g/mol. The van der Waals surface area contributed by atoms with Crippen molar-refractivity contribution < 1.29 is 19.5 Å². The van der Waals surface area contributed by atoms with Crippen molar-refractivity contribution in [2.24, 2.45) is 4.99 Å². The summed E-state index contributed by atoms with van der Waals surface area (Å²) in [6, 6.07) is 11.7. The summed E-state index contributed by atoms with van der Waals surface area (Å²) in [5, 5.41) is 11.6. The maximum atomic E-state index is 12.5. The first-order valence-electron chi connectivity index (χ1n) is 8.98. The van der Waals surface area contributed by atoms with E-state index in [9.17, 15) is 14.4 Å². The quantitative estimate of drug-likeness (QED) is 0.783. The van der Waals surface area contributed by atoms with Crippen LogP contribution >= 0.6 is 11.8 Å². The first-order chi connectivity index (χ1) is 13.7. The van der Waals surface area contributed by atoms with E-state index in [-0.39, 0.29) is 23.8 Å². The number of aryl methyl sites for hydroxylation is 2. The minimum atomic E-state index is -1.03. The van der Waals surface area contributed by atoms with Gasteiger partial charge in [0.25, 0.3) is 0 Å². The fraction of sp³-hybridized carbons (Fsp3) is 0.238. The number of nitrogens with one attached hydrogen (secondary N) is 1. The van der Waals surface area contributed by atoms with E-state index in [0.29, 0.717) is 10.9 Å². The molecule has 1 heterocycles. The average molecular weight is 411 g/mol. The van der Waals surface area contributed by atoms with Gasteiger partial charge in [-0.2, -0.15) is 0 Å². The zero-order valence-corrected chi connectivity index (χ0v) is 17.1. The molecule has 0 spiro atoms. The lowest BCUT2D eigenvalue weighted by molar-refractivity contribution is -0.127. The second-order valence-electron chi connectivity index (χ2n) is 6.80. The Balaban J connectivity index is 1.65. The number of carbonyl (C=O) groups is 3. The van der Waals surface area contributed by atoms with Crippen LogP contribution in [0.25, 0.3) is 0 Å². The van der Waals surface area contributed by atoms with Crippen LogP contribution in [0, 0.1) is 13.8 Å². The number of amides is 2. The van der Waals surface area contributed by atoms with Crippen molar-refractivity contribution in [3.63, 3.8) is 0 Å². The van der Waals surface area contributed by atoms with Crippen molar-refractivity contribution in [2.75, 3.05) is 12.4 Å². The van der Waals surface area contributed by atoms with Crippen molar-refractivity contribution in [3.05, 3.63) is 59.2 Å². The van der Waals surface area contributed by atoms with Gasteiger partial charge < -0.3 is 10.4 Å². The van der Waals surface area contributed by atoms with Gasteiger partial charge in [-0.05, 0) is 61.4 Å². The Morgan fingerprint density at radius 3 is 2.45 bits per heavy atom. The van der Waals surface area contributed by atoms with E-state index in [4.69, 9.17) is 5.11 Å². The van der Waals surface area contributed by atoms with Gasteiger partial charge in [-0.25, -0.2) is 9.79 Å². The van der Waals surface area contributed by atoms with E-state index in [2.05, 4.69) is 10.3 Å². The minimum absolute atomic E-state index is 0.000464. The first kappa shape index (κ1) is 20.6. The molecule has 1 atom stereocenters. The third-order valence-corrected chi connectivity index (χ3v) is 5.87. The smallest absolute Gasteiger partial charge is 0.335 e. The largest absolute Gasteiger partial charge is 0.478 e. The van der Waals surface area contributed by atoms with Crippen LogP contribution < -0.4 is 5.32 Å². The van der Waals surface area contributed by atoms with Crippen LogP contribution in [0.5, 0.6) is 0 Å². The number of carboxylic acid groups (broad SMARTS) is 1. The summed E-state index contributed by atoms with van der Waals surface area (Å²) in [5.41, 5.74) is 3.67. The second-order valence-corrected chi connectivity index (χ2v) is 7.97. The zero-order valence-electron chi connectivity index (χ0n) is 16.3. The Bertz CT molecular complexity index is 1000. The normalized spacial score (nSPS) is 17.6. The molecule has 1 fully saturated rings. The van der Waals surface area contributed by atoms with Crippen LogP contribution in [0.3, 0.4) is 0 Å². The van der Waals surface area contributed by atoms with Crippen LogP contribution in [0.1, 0.15) is 27.9 Å². The van der Waals surface area contributed by atoms with E-state index in [0.717, 1.165) is 11.3 Å². The van der Waals surface area contributed by atoms with E-state index < -0.39 is 11.2 Å². The number of aliphatic imine (C=N–C) groups is 1. The van der Waals surface area contributed by atoms with Crippen LogP contribution in [-0.4, -0.2) is 45.3 Å². The first-order valence-corrected chi connectivity index (χ1v) is 9.86. The maximum absolute atomic E-state index is 12.5. The standard InChI is InChI=1S/C21H21N3O4S/c1-12-4-7-16(10-13(12)2)23-21-24(3)19(26)17(29-21)11-18(25)22-15-8-5-14(6-9-15)20(27)28/h4-10,17H,11H2,1-3H3,(H,22,25)(H,27,28). The van der Waals surface area contributed by atoms with Gasteiger partial charge in [0.15, 0.2) is 5.17 Å². The predicted octanol–water partition coefficient (Wildman–Crippen LogP) is 3.59. The number of benzene rings is 2. The molecule has 1 aliphatic rings. The van der Waals surface area contributed by atoms with Crippen molar-refractivity contribution >= 4 is 46.1 Å². The lowest BCUT2D eigenvalue weighted by atomic mass is 10.1. The summed E-state index contributed by atoms with van der Waals surface area (Å²) < 4.78 is 0. The lowest BCUT2D eigenvalue weighted by Gasteiger charge is -2.09. The van der Waals surface area contributed by atoms with Gasteiger partial charge in [-0.15, -0.1) is 0 Å². The van der Waals surface area contributed by atoms with Gasteiger partial charge in [0.05, 0.1) is 11.3 Å². The molecule has 8 heteroatoms. The van der Waals surface area contributed by atoms with Gasteiger partial charge in [0, 0.05) is 19.2 Å². The summed E-state index contributed by atoms with van der Waals surface area (Å²) in [6.07, 6.45) is 0.000464. The zero-order chi connectivity index (χ0) is 21.1. The maximum Gasteiger partial charge on any atom is 0.335 e. The molecule has 29 heavy (non-hydrogen) atoms. The molecule has 150 valence electrons. The molecule has 1 saturated heterocycles. The van der Waals surface area contributed by atoms with Gasteiger partial charge in [0.1, 0.15) is 5.25 Å². The molecule has 0 aromatic heterocycles. The molecule has 3 rings (SSSR count). The number of nitrogens with zero attached hydrogens (tertiary/aromatic N) is 2. The number of anilines is 1. The highest BCUT2D eigenvalue weighted by molar-refractivity contribution is 8.15. The highest BCUT2D eigenvalue weighted by atomic mass is 32.2. The number of carboxylic acids is 1. The van der Waals surface area contributed by atoms with E-state index in [1.807, 2.05) is 32.0 Å². The Hall–Kier alpha value is -3.13. The number of hydrogen-bond donors (Lipinski definition) is 2. The molecule has 0 bridgehead atoms. The summed E-state index contributed by atoms with van der Waals surface area (Å²) >= 11 is 1.26. The molecular formula is C21H21N3O4S. The lowest BCUT2D eigenvalue weighted by Crippen LogP contribution is -2.30. The Morgan fingerprint density at radius 1 is 1.14 bits per heavy atom. The molecule has 1 aliphatic heterocycles. The third kappa shape index (κ3) is 4.83. The molecule has 7 nitrogen and oxygen atoms in total. The summed E-state index contributed by atoms with van der Waals surface area (Å²) in [7, 11) is 1.65. The summed E-state index contributed by atoms with van der Waals surface area (Å²) in [5.74, 6) is -1.52. The van der Waals surface area contributed by atoms with Gasteiger partial charge in [-0.1, -0.05) is 17.8 Å². The van der Waals surface area contributed by atoms with Crippen LogP contribution in [0.15, 0.2) is 47.5 Å². The highest BCUT2D eigenvalue weighted by Crippen LogP contribution is 2.31. The van der Waals surface area contributed by atoms with Crippen molar-refractivity contribution in [3.8, 4) is 0 Å². The van der Waals surface area contributed by atoms with Gasteiger partial charge in [-0.3, -0.25) is 14.5 Å². The fourth-order valence-corrected chi connectivity index (χ4v) is 3.93. The van der Waals surface area contributed by atoms with Gasteiger partial charge >= 0.3 is 5.97 Å². The number of rotatable bonds is 5. The average Bonchev–Trinajstić information content (AvgIpc) is 2.93. The summed E-state index contributed by atoms with van der Waals surface area (Å²) in [6.45, 7) is 4.03. The van der Waals surface area contributed by atoms with Crippen molar-refractivity contribution in [1.29, 1.82) is 0 Å². The fourth-order valence-electron chi connectivity index (χ4n) is 2.78. The molecule has 0 radical (unpaired) electrons. The van der Waals surface area contributed by atoms with Gasteiger partial charge in [0.2, 0.25) is 11.8 Å². The summed E-state index contributed by atoms with van der Waals surface area (Å²) in [4.78, 5) is 41.8. The Labute approximate surface area is 172 Å². The third-order valence-electron chi connectivity index (χ3n) is 4.64. The molecule has 2 N–H and O–H groups in total. The second kappa shape index (κ2) is 8.48. The number of thioether (sulfide) groups is 1. The van der Waals surface area contributed by atoms with E-state index in [1.165, 1.54) is 46.5 Å². The Kier molecular flexibility index (Phi) is 6.03. The predicted molar refractivity (Wildman–Crippen MR) is 114 cm³/mol. The van der Waals surface area contributed by atoms with Crippen LogP contribution in [0.4, 0.5) is 11.4 Å². The van der Waals surface area contributed by atoms with E-state index >= 15 is 0 Å². The number of carbonyl (C=O) groups excluding carboxylic acids is 2. The van der Waals surface area contributed by atoms with Crippen LogP contribution in [-0.2, 0) is 9.59 Å². The van der Waals surface area contributed by atoms with Crippen LogP contribution in [0.2, 0.25) is 0 Å². The topological polar surface area (TPSA) is 99.1 Å². The molecule has 2 aromatic carbocycles.